The molecule has 0 aliphatic heterocycles. The van der Waals surface area contributed by atoms with Gasteiger partial charge >= 0.3 is 0 Å². The molecule has 21 heavy (non-hydrogen) atoms. The van der Waals surface area contributed by atoms with E-state index in [1.165, 1.54) is 5.56 Å². The molecule has 4 heteroatoms. The van der Waals surface area contributed by atoms with Crippen LogP contribution in [0.5, 0.6) is 0 Å². The summed E-state index contributed by atoms with van der Waals surface area (Å²) in [5.74, 6) is 0. The zero-order chi connectivity index (χ0) is 15.4. The van der Waals surface area contributed by atoms with E-state index in [2.05, 4.69) is 43.0 Å². The second-order valence-corrected chi connectivity index (χ2v) is 6.03. The zero-order valence-electron chi connectivity index (χ0n) is 13.3. The molecule has 3 nitrogen and oxygen atoms in total. The van der Waals surface area contributed by atoms with E-state index in [1.54, 1.807) is 0 Å². The number of rotatable bonds is 6. The first kappa shape index (κ1) is 16.1. The van der Waals surface area contributed by atoms with E-state index < -0.39 is 0 Å². The summed E-state index contributed by atoms with van der Waals surface area (Å²) in [5, 5.41) is 5.36. The molecule has 0 amide bonds. The minimum atomic E-state index is 0.540. The van der Waals surface area contributed by atoms with Crippen molar-refractivity contribution in [3.63, 3.8) is 0 Å². The summed E-state index contributed by atoms with van der Waals surface area (Å²) in [7, 11) is 2.14. The van der Waals surface area contributed by atoms with Gasteiger partial charge in [0.2, 0.25) is 0 Å². The van der Waals surface area contributed by atoms with Crippen molar-refractivity contribution >= 4 is 11.6 Å². The molecule has 1 unspecified atom stereocenters. The molecule has 0 saturated carbocycles. The maximum absolute atomic E-state index is 6.55. The molecule has 0 aliphatic carbocycles. The van der Waals surface area contributed by atoms with Gasteiger partial charge in [-0.3, -0.25) is 4.90 Å². The Morgan fingerprint density at radius 2 is 1.95 bits per heavy atom. The van der Waals surface area contributed by atoms with Crippen LogP contribution in [0.25, 0.3) is 0 Å². The summed E-state index contributed by atoms with van der Waals surface area (Å²) < 4.78 is 1.89. The molecule has 2 aromatic rings. The van der Waals surface area contributed by atoms with Gasteiger partial charge in [0.25, 0.3) is 0 Å². The van der Waals surface area contributed by atoms with Gasteiger partial charge < -0.3 is 0 Å². The summed E-state index contributed by atoms with van der Waals surface area (Å²) >= 11 is 6.55. The lowest BCUT2D eigenvalue weighted by atomic mass is 10.2. The van der Waals surface area contributed by atoms with E-state index in [1.807, 2.05) is 29.8 Å². The van der Waals surface area contributed by atoms with Crippen LogP contribution in [0.15, 0.2) is 30.3 Å². The first-order chi connectivity index (χ1) is 10.0. The van der Waals surface area contributed by atoms with Crippen LogP contribution in [-0.2, 0) is 13.1 Å². The van der Waals surface area contributed by atoms with E-state index in [0.717, 1.165) is 29.4 Å². The Kier molecular flexibility index (Phi) is 5.43. The van der Waals surface area contributed by atoms with Crippen LogP contribution >= 0.6 is 11.6 Å². The van der Waals surface area contributed by atoms with Crippen molar-refractivity contribution in [3.05, 3.63) is 52.3 Å². The lowest BCUT2D eigenvalue weighted by Gasteiger charge is -2.23. The highest BCUT2D eigenvalue weighted by Gasteiger charge is 2.17. The van der Waals surface area contributed by atoms with Crippen molar-refractivity contribution < 1.29 is 0 Å². The number of hydrogen-bond acceptors (Lipinski definition) is 2. The minimum absolute atomic E-state index is 0.540. The molecule has 1 heterocycles. The molecule has 1 aromatic carbocycles. The van der Waals surface area contributed by atoms with Gasteiger partial charge in [-0.15, -0.1) is 0 Å². The van der Waals surface area contributed by atoms with Crippen molar-refractivity contribution in [2.75, 3.05) is 7.05 Å². The number of aryl methyl sites for hydroxylation is 1. The predicted molar refractivity (Wildman–Crippen MR) is 88.7 cm³/mol. The fourth-order valence-corrected chi connectivity index (χ4v) is 2.64. The van der Waals surface area contributed by atoms with Gasteiger partial charge in [0.1, 0.15) is 5.15 Å². The van der Waals surface area contributed by atoms with Crippen molar-refractivity contribution in [3.8, 4) is 0 Å². The number of benzene rings is 1. The average Bonchev–Trinajstić information content (AvgIpc) is 2.75. The first-order valence-corrected chi connectivity index (χ1v) is 7.86. The molecule has 0 bridgehead atoms. The summed E-state index contributed by atoms with van der Waals surface area (Å²) in [6.07, 6.45) is 1.13. The number of halogens is 1. The Morgan fingerprint density at radius 1 is 1.29 bits per heavy atom. The number of aromatic nitrogens is 2. The molecule has 0 radical (unpaired) electrons. The van der Waals surface area contributed by atoms with E-state index in [0.29, 0.717) is 12.6 Å². The average molecular weight is 306 g/mol. The van der Waals surface area contributed by atoms with Gasteiger partial charge in [-0.25, -0.2) is 4.68 Å². The first-order valence-electron chi connectivity index (χ1n) is 7.48. The predicted octanol–water partition coefficient (Wildman–Crippen LogP) is 4.12. The molecule has 114 valence electrons. The second kappa shape index (κ2) is 7.10. The maximum Gasteiger partial charge on any atom is 0.132 e. The van der Waals surface area contributed by atoms with Crippen LogP contribution in [-0.4, -0.2) is 27.8 Å². The summed E-state index contributed by atoms with van der Waals surface area (Å²) in [6.45, 7) is 8.03. The fraction of sp³-hybridized carbons (Fsp3) is 0.471. The maximum atomic E-state index is 6.55. The Bertz CT molecular complexity index is 577. The molecular weight excluding hydrogens is 282 g/mol. The topological polar surface area (TPSA) is 21.1 Å². The lowest BCUT2D eigenvalue weighted by Crippen LogP contribution is -2.28. The Morgan fingerprint density at radius 3 is 2.57 bits per heavy atom. The van der Waals surface area contributed by atoms with E-state index in [9.17, 15) is 0 Å². The highest BCUT2D eigenvalue weighted by molar-refractivity contribution is 6.30. The van der Waals surface area contributed by atoms with Crippen molar-refractivity contribution in [2.45, 2.75) is 46.3 Å². The third-order valence-corrected chi connectivity index (χ3v) is 4.53. The standard InChI is InChI=1S/C17H24ClN3/c1-5-13(2)20(4)12-16-14(3)19-21(17(16)18)11-15-9-7-6-8-10-15/h6-10,13H,5,11-12H2,1-4H3. The smallest absolute Gasteiger partial charge is 0.132 e. The molecule has 0 saturated heterocycles. The summed E-state index contributed by atoms with van der Waals surface area (Å²) in [6, 6.07) is 10.8. The highest BCUT2D eigenvalue weighted by Crippen LogP contribution is 2.23. The Balaban J connectivity index is 2.17. The van der Waals surface area contributed by atoms with E-state index in [4.69, 9.17) is 11.6 Å². The van der Waals surface area contributed by atoms with Gasteiger partial charge in [-0.1, -0.05) is 48.9 Å². The van der Waals surface area contributed by atoms with E-state index in [-0.39, 0.29) is 0 Å². The molecule has 1 aromatic heterocycles. The minimum Gasteiger partial charge on any atom is -0.299 e. The van der Waals surface area contributed by atoms with E-state index >= 15 is 0 Å². The normalized spacial score (nSPS) is 12.9. The molecule has 0 spiro atoms. The van der Waals surface area contributed by atoms with Crippen molar-refractivity contribution in [1.82, 2.24) is 14.7 Å². The second-order valence-electron chi connectivity index (χ2n) is 5.67. The Hall–Kier alpha value is -1.32. The quantitative estimate of drug-likeness (QED) is 0.800. The zero-order valence-corrected chi connectivity index (χ0v) is 14.1. The number of hydrogen-bond donors (Lipinski definition) is 0. The third-order valence-electron chi connectivity index (χ3n) is 4.11. The molecule has 0 aliphatic rings. The largest absolute Gasteiger partial charge is 0.299 e. The molecular formula is C17H24ClN3. The van der Waals surface area contributed by atoms with Crippen LogP contribution in [0.1, 0.15) is 37.1 Å². The van der Waals surface area contributed by atoms with Gasteiger partial charge in [0, 0.05) is 18.2 Å². The van der Waals surface area contributed by atoms with Crippen LogP contribution in [0.2, 0.25) is 5.15 Å². The molecule has 2 rings (SSSR count). The molecule has 1 atom stereocenters. The SMILES string of the molecule is CCC(C)N(C)Cc1c(C)nn(Cc2ccccc2)c1Cl. The van der Waals surface area contributed by atoms with Crippen molar-refractivity contribution in [1.29, 1.82) is 0 Å². The van der Waals surface area contributed by atoms with Crippen molar-refractivity contribution in [2.24, 2.45) is 0 Å². The fourth-order valence-electron chi connectivity index (χ4n) is 2.35. The van der Waals surface area contributed by atoms with Gasteiger partial charge in [0.15, 0.2) is 0 Å². The molecule has 0 fully saturated rings. The van der Waals surface area contributed by atoms with Gasteiger partial charge in [-0.05, 0) is 32.9 Å². The Labute approximate surface area is 132 Å². The van der Waals surface area contributed by atoms with Crippen LogP contribution in [0.4, 0.5) is 0 Å². The van der Waals surface area contributed by atoms with Gasteiger partial charge in [0.05, 0.1) is 12.2 Å². The van der Waals surface area contributed by atoms with Gasteiger partial charge in [-0.2, -0.15) is 5.10 Å². The number of nitrogens with zero attached hydrogens (tertiary/aromatic N) is 3. The van der Waals surface area contributed by atoms with Crippen LogP contribution in [0, 0.1) is 6.92 Å². The lowest BCUT2D eigenvalue weighted by molar-refractivity contribution is 0.243. The third kappa shape index (κ3) is 3.86. The molecule has 0 N–H and O–H groups in total. The van der Waals surface area contributed by atoms with Crippen LogP contribution in [0.3, 0.4) is 0 Å². The monoisotopic (exact) mass is 305 g/mol. The summed E-state index contributed by atoms with van der Waals surface area (Å²) in [5.41, 5.74) is 3.37. The van der Waals surface area contributed by atoms with Crippen LogP contribution < -0.4 is 0 Å². The highest BCUT2D eigenvalue weighted by atomic mass is 35.5. The summed E-state index contributed by atoms with van der Waals surface area (Å²) in [4.78, 5) is 2.32.